The van der Waals surface area contributed by atoms with Crippen molar-refractivity contribution in [3.8, 4) is 0 Å². The Morgan fingerprint density at radius 2 is 2.24 bits per heavy atom. The van der Waals surface area contributed by atoms with Gasteiger partial charge in [0.1, 0.15) is 17.9 Å². The van der Waals surface area contributed by atoms with Crippen LogP contribution in [0, 0.1) is 0 Å². The van der Waals surface area contributed by atoms with Gasteiger partial charge in [0.05, 0.1) is 18.8 Å². The number of piperidine rings is 1. The average Bonchev–Trinajstić information content (AvgIpc) is 3.12. The molecule has 0 spiro atoms. The Hall–Kier alpha value is -1.66. The van der Waals surface area contributed by atoms with E-state index in [0.717, 1.165) is 44.1 Å². The van der Waals surface area contributed by atoms with Gasteiger partial charge in [-0.2, -0.15) is 0 Å². The number of likely N-dealkylation sites (tertiary alicyclic amines) is 1. The SMILES string of the molecule is C[C@@H](NC1CCN(Cc2ccco2)CC1)c1nncn1C. The number of nitrogens with zero attached hydrogens (tertiary/aromatic N) is 4. The quantitative estimate of drug-likeness (QED) is 0.908. The summed E-state index contributed by atoms with van der Waals surface area (Å²) in [5.74, 6) is 2.04. The van der Waals surface area contributed by atoms with Crippen LogP contribution in [0.25, 0.3) is 0 Å². The molecule has 6 nitrogen and oxygen atoms in total. The molecule has 0 saturated carbocycles. The van der Waals surface area contributed by atoms with E-state index in [-0.39, 0.29) is 6.04 Å². The van der Waals surface area contributed by atoms with Gasteiger partial charge >= 0.3 is 0 Å². The summed E-state index contributed by atoms with van der Waals surface area (Å²) in [7, 11) is 1.99. The molecule has 6 heteroatoms. The van der Waals surface area contributed by atoms with E-state index in [1.165, 1.54) is 0 Å². The minimum atomic E-state index is 0.235. The van der Waals surface area contributed by atoms with Crippen LogP contribution in [0.4, 0.5) is 0 Å². The summed E-state index contributed by atoms with van der Waals surface area (Å²) in [4.78, 5) is 2.45. The van der Waals surface area contributed by atoms with Gasteiger partial charge < -0.3 is 14.3 Å². The molecule has 0 amide bonds. The number of hydrogen-bond donors (Lipinski definition) is 1. The molecule has 0 aromatic carbocycles. The van der Waals surface area contributed by atoms with Crippen molar-refractivity contribution in [2.24, 2.45) is 7.05 Å². The molecule has 0 bridgehead atoms. The largest absolute Gasteiger partial charge is 0.468 e. The third-order valence-corrected chi connectivity index (χ3v) is 4.17. The fourth-order valence-electron chi connectivity index (χ4n) is 2.99. The summed E-state index contributed by atoms with van der Waals surface area (Å²) in [5, 5.41) is 11.8. The van der Waals surface area contributed by atoms with Gasteiger partial charge in [-0.3, -0.25) is 4.90 Å². The van der Waals surface area contributed by atoms with Crippen molar-refractivity contribution in [2.45, 2.75) is 38.4 Å². The first-order valence-electron chi connectivity index (χ1n) is 7.57. The molecule has 0 aliphatic carbocycles. The molecule has 21 heavy (non-hydrogen) atoms. The highest BCUT2D eigenvalue weighted by atomic mass is 16.3. The molecule has 1 N–H and O–H groups in total. The molecule has 0 radical (unpaired) electrons. The third-order valence-electron chi connectivity index (χ3n) is 4.17. The maximum absolute atomic E-state index is 5.41. The summed E-state index contributed by atoms with van der Waals surface area (Å²) in [5.41, 5.74) is 0. The zero-order chi connectivity index (χ0) is 14.7. The molecule has 1 atom stereocenters. The van der Waals surface area contributed by atoms with Crippen LogP contribution >= 0.6 is 0 Å². The van der Waals surface area contributed by atoms with Crippen molar-refractivity contribution in [3.05, 3.63) is 36.3 Å². The van der Waals surface area contributed by atoms with Crippen molar-refractivity contribution < 1.29 is 4.42 Å². The Balaban J connectivity index is 1.46. The van der Waals surface area contributed by atoms with E-state index >= 15 is 0 Å². The van der Waals surface area contributed by atoms with Crippen LogP contribution in [-0.2, 0) is 13.6 Å². The van der Waals surface area contributed by atoms with Crippen molar-refractivity contribution in [1.82, 2.24) is 25.0 Å². The van der Waals surface area contributed by atoms with Gasteiger partial charge in [0.15, 0.2) is 0 Å². The van der Waals surface area contributed by atoms with E-state index in [0.29, 0.717) is 6.04 Å². The fraction of sp³-hybridized carbons (Fsp3) is 0.600. The summed E-state index contributed by atoms with van der Waals surface area (Å²) in [6.07, 6.45) is 5.80. The zero-order valence-corrected chi connectivity index (χ0v) is 12.7. The number of aromatic nitrogens is 3. The normalized spacial score (nSPS) is 19.0. The van der Waals surface area contributed by atoms with E-state index < -0.39 is 0 Å². The zero-order valence-electron chi connectivity index (χ0n) is 12.7. The van der Waals surface area contributed by atoms with E-state index in [4.69, 9.17) is 4.42 Å². The van der Waals surface area contributed by atoms with Crippen LogP contribution < -0.4 is 5.32 Å². The number of aryl methyl sites for hydroxylation is 1. The smallest absolute Gasteiger partial charge is 0.149 e. The molecular formula is C15H23N5O. The molecule has 1 aliphatic rings. The maximum atomic E-state index is 5.41. The Kier molecular flexibility index (Phi) is 4.36. The second-order valence-electron chi connectivity index (χ2n) is 5.82. The van der Waals surface area contributed by atoms with Crippen LogP contribution in [0.3, 0.4) is 0 Å². The van der Waals surface area contributed by atoms with Gasteiger partial charge in [-0.15, -0.1) is 10.2 Å². The Bertz CT molecular complexity index is 542. The van der Waals surface area contributed by atoms with E-state index in [1.807, 2.05) is 23.7 Å². The molecular weight excluding hydrogens is 266 g/mol. The minimum Gasteiger partial charge on any atom is -0.468 e. The lowest BCUT2D eigenvalue weighted by molar-refractivity contribution is 0.173. The van der Waals surface area contributed by atoms with Gasteiger partial charge in [-0.1, -0.05) is 0 Å². The molecule has 3 rings (SSSR count). The van der Waals surface area contributed by atoms with Crippen LogP contribution in [0.2, 0.25) is 0 Å². The van der Waals surface area contributed by atoms with Crippen LogP contribution in [0.15, 0.2) is 29.1 Å². The Morgan fingerprint density at radius 3 is 2.86 bits per heavy atom. The Labute approximate surface area is 125 Å². The summed E-state index contributed by atoms with van der Waals surface area (Å²) >= 11 is 0. The topological polar surface area (TPSA) is 59.1 Å². The van der Waals surface area contributed by atoms with Crippen LogP contribution in [-0.4, -0.2) is 38.8 Å². The maximum Gasteiger partial charge on any atom is 0.149 e. The molecule has 2 aromatic heterocycles. The first-order valence-corrected chi connectivity index (χ1v) is 7.57. The molecule has 1 saturated heterocycles. The van der Waals surface area contributed by atoms with Gasteiger partial charge in [0.25, 0.3) is 0 Å². The molecule has 1 fully saturated rings. The standard InChI is InChI=1S/C15H23N5O/c1-12(15-18-16-11-19(15)2)17-13-5-7-20(8-6-13)10-14-4-3-9-21-14/h3-4,9,11-13,17H,5-8,10H2,1-2H3/t12-/m1/s1. The highest BCUT2D eigenvalue weighted by molar-refractivity contribution is 4.99. The third kappa shape index (κ3) is 3.51. The average molecular weight is 289 g/mol. The van der Waals surface area contributed by atoms with Crippen molar-refractivity contribution in [2.75, 3.05) is 13.1 Å². The summed E-state index contributed by atoms with van der Waals surface area (Å²) in [6.45, 7) is 5.27. The molecule has 114 valence electrons. The summed E-state index contributed by atoms with van der Waals surface area (Å²) in [6, 6.07) is 4.77. The number of furan rings is 1. The van der Waals surface area contributed by atoms with Gasteiger partial charge in [0, 0.05) is 26.2 Å². The van der Waals surface area contributed by atoms with Crippen molar-refractivity contribution >= 4 is 0 Å². The summed E-state index contributed by atoms with van der Waals surface area (Å²) < 4.78 is 7.39. The number of rotatable bonds is 5. The van der Waals surface area contributed by atoms with E-state index in [9.17, 15) is 0 Å². The molecule has 1 aliphatic heterocycles. The lowest BCUT2D eigenvalue weighted by Crippen LogP contribution is -2.43. The lowest BCUT2D eigenvalue weighted by Gasteiger charge is -2.33. The predicted molar refractivity (Wildman–Crippen MR) is 79.6 cm³/mol. The monoisotopic (exact) mass is 289 g/mol. The van der Waals surface area contributed by atoms with Gasteiger partial charge in [0.2, 0.25) is 0 Å². The fourth-order valence-corrected chi connectivity index (χ4v) is 2.99. The second kappa shape index (κ2) is 6.41. The van der Waals surface area contributed by atoms with Crippen LogP contribution in [0.5, 0.6) is 0 Å². The Morgan fingerprint density at radius 1 is 1.43 bits per heavy atom. The first-order chi connectivity index (χ1) is 10.2. The van der Waals surface area contributed by atoms with Crippen LogP contribution in [0.1, 0.15) is 37.4 Å². The van der Waals surface area contributed by atoms with Gasteiger partial charge in [-0.25, -0.2) is 0 Å². The van der Waals surface area contributed by atoms with Crippen molar-refractivity contribution in [1.29, 1.82) is 0 Å². The van der Waals surface area contributed by atoms with Crippen molar-refractivity contribution in [3.63, 3.8) is 0 Å². The molecule has 3 heterocycles. The molecule has 2 aromatic rings. The highest BCUT2D eigenvalue weighted by Crippen LogP contribution is 2.17. The highest BCUT2D eigenvalue weighted by Gasteiger charge is 2.22. The van der Waals surface area contributed by atoms with Gasteiger partial charge in [-0.05, 0) is 31.9 Å². The number of nitrogens with one attached hydrogen (secondary N) is 1. The number of hydrogen-bond acceptors (Lipinski definition) is 5. The minimum absolute atomic E-state index is 0.235. The molecule has 0 unspecified atom stereocenters. The van der Waals surface area contributed by atoms with E-state index in [2.05, 4.69) is 27.3 Å². The first kappa shape index (κ1) is 14.3. The lowest BCUT2D eigenvalue weighted by atomic mass is 10.0. The second-order valence-corrected chi connectivity index (χ2v) is 5.82. The predicted octanol–water partition coefficient (Wildman–Crippen LogP) is 1.72. The van der Waals surface area contributed by atoms with E-state index in [1.54, 1.807) is 12.6 Å².